The number of nitrogens with zero attached hydrogens (tertiary/aromatic N) is 2. The molecule has 0 radical (unpaired) electrons. The largest absolute Gasteiger partial charge is 0.371 e. The summed E-state index contributed by atoms with van der Waals surface area (Å²) in [5.74, 6) is 0.0681. The van der Waals surface area contributed by atoms with E-state index >= 15 is 0 Å². The second-order valence-electron chi connectivity index (χ2n) is 7.97. The first kappa shape index (κ1) is 20.7. The van der Waals surface area contributed by atoms with E-state index in [0.717, 1.165) is 32.4 Å². The Morgan fingerprint density at radius 3 is 2.57 bits per heavy atom. The van der Waals surface area contributed by atoms with E-state index in [-0.39, 0.29) is 11.7 Å². The standard InChI is InChI=1S/C23H29N3O3S/c27-23(20-10-12-21(13-11-20)26-17-3-4-18-30(26,28)29)24-14-6-16-25-15-5-8-19-7-1-2-9-22(19)25/h1-2,7,9-13H,3-6,8,14-18H2,(H,24,27). The van der Waals surface area contributed by atoms with E-state index in [1.165, 1.54) is 22.0 Å². The molecule has 0 saturated carbocycles. The monoisotopic (exact) mass is 427 g/mol. The highest BCUT2D eigenvalue weighted by Crippen LogP contribution is 2.26. The molecular weight excluding hydrogens is 398 g/mol. The van der Waals surface area contributed by atoms with Gasteiger partial charge in [0.2, 0.25) is 10.0 Å². The number of sulfonamides is 1. The van der Waals surface area contributed by atoms with Crippen LogP contribution in [0.15, 0.2) is 48.5 Å². The number of hydrogen-bond acceptors (Lipinski definition) is 4. The van der Waals surface area contributed by atoms with E-state index in [1.54, 1.807) is 24.3 Å². The van der Waals surface area contributed by atoms with Crippen LogP contribution in [0, 0.1) is 0 Å². The van der Waals surface area contributed by atoms with Gasteiger partial charge in [-0.25, -0.2) is 8.42 Å². The highest BCUT2D eigenvalue weighted by Gasteiger charge is 2.26. The zero-order valence-corrected chi connectivity index (χ0v) is 18.0. The minimum Gasteiger partial charge on any atom is -0.371 e. The molecule has 2 aliphatic heterocycles. The fraction of sp³-hybridized carbons (Fsp3) is 0.435. The number of amides is 1. The summed E-state index contributed by atoms with van der Waals surface area (Å²) in [5, 5.41) is 2.98. The molecule has 0 aromatic heterocycles. The van der Waals surface area contributed by atoms with Crippen molar-refractivity contribution in [3.8, 4) is 0 Å². The second kappa shape index (κ2) is 9.08. The van der Waals surface area contributed by atoms with E-state index in [1.807, 2.05) is 0 Å². The van der Waals surface area contributed by atoms with Gasteiger partial charge in [-0.15, -0.1) is 0 Å². The fourth-order valence-electron chi connectivity index (χ4n) is 4.28. The smallest absolute Gasteiger partial charge is 0.251 e. The number of nitrogens with one attached hydrogen (secondary N) is 1. The minimum atomic E-state index is -3.23. The lowest BCUT2D eigenvalue weighted by atomic mass is 10.0. The molecule has 2 heterocycles. The van der Waals surface area contributed by atoms with Gasteiger partial charge in [0.1, 0.15) is 0 Å². The molecule has 0 spiro atoms. The van der Waals surface area contributed by atoms with Crippen LogP contribution in [0.1, 0.15) is 41.6 Å². The number of carbonyl (C=O) groups excluding carboxylic acids is 1. The van der Waals surface area contributed by atoms with Gasteiger partial charge in [-0.05, 0) is 68.0 Å². The lowest BCUT2D eigenvalue weighted by molar-refractivity contribution is 0.0953. The summed E-state index contributed by atoms with van der Waals surface area (Å²) in [4.78, 5) is 14.9. The molecule has 160 valence electrons. The van der Waals surface area contributed by atoms with Crippen LogP contribution in [-0.2, 0) is 16.4 Å². The number of carbonyl (C=O) groups is 1. The first-order valence-electron chi connectivity index (χ1n) is 10.8. The van der Waals surface area contributed by atoms with E-state index < -0.39 is 10.0 Å². The molecule has 1 amide bonds. The summed E-state index contributed by atoms with van der Waals surface area (Å²) in [7, 11) is -3.23. The average Bonchev–Trinajstić information content (AvgIpc) is 2.76. The van der Waals surface area contributed by atoms with Gasteiger partial charge in [-0.2, -0.15) is 0 Å². The maximum Gasteiger partial charge on any atom is 0.251 e. The van der Waals surface area contributed by atoms with Crippen LogP contribution in [0.5, 0.6) is 0 Å². The van der Waals surface area contributed by atoms with Crippen LogP contribution in [0.2, 0.25) is 0 Å². The van der Waals surface area contributed by atoms with Crippen molar-refractivity contribution in [1.29, 1.82) is 0 Å². The van der Waals surface area contributed by atoms with Crippen LogP contribution in [0.25, 0.3) is 0 Å². The predicted octanol–water partition coefficient (Wildman–Crippen LogP) is 3.19. The molecule has 0 aliphatic carbocycles. The van der Waals surface area contributed by atoms with Gasteiger partial charge in [0.15, 0.2) is 0 Å². The van der Waals surface area contributed by atoms with Crippen molar-refractivity contribution < 1.29 is 13.2 Å². The quantitative estimate of drug-likeness (QED) is 0.719. The van der Waals surface area contributed by atoms with Crippen LogP contribution in [-0.4, -0.2) is 46.3 Å². The third-order valence-corrected chi connectivity index (χ3v) is 7.73. The maximum atomic E-state index is 12.5. The molecular formula is C23H29N3O3S. The summed E-state index contributed by atoms with van der Waals surface area (Å²) in [6.45, 7) is 3.10. The lowest BCUT2D eigenvalue weighted by Gasteiger charge is -2.31. The van der Waals surface area contributed by atoms with Gasteiger partial charge in [-0.1, -0.05) is 18.2 Å². The number of rotatable bonds is 6. The summed E-state index contributed by atoms with van der Waals surface area (Å²) in [5.41, 5.74) is 3.91. The molecule has 0 bridgehead atoms. The molecule has 4 rings (SSSR count). The third kappa shape index (κ3) is 4.61. The Kier molecular flexibility index (Phi) is 6.27. The maximum absolute atomic E-state index is 12.5. The second-order valence-corrected chi connectivity index (χ2v) is 9.98. The summed E-state index contributed by atoms with van der Waals surface area (Å²) in [6, 6.07) is 15.4. The first-order valence-corrected chi connectivity index (χ1v) is 12.4. The summed E-state index contributed by atoms with van der Waals surface area (Å²) < 4.78 is 25.9. The zero-order valence-electron chi connectivity index (χ0n) is 17.2. The van der Waals surface area contributed by atoms with E-state index in [9.17, 15) is 13.2 Å². The zero-order chi connectivity index (χ0) is 21.0. The first-order chi connectivity index (χ1) is 14.5. The van der Waals surface area contributed by atoms with Crippen molar-refractivity contribution in [2.45, 2.75) is 32.1 Å². The number of fused-ring (bicyclic) bond motifs is 1. The van der Waals surface area contributed by atoms with Crippen molar-refractivity contribution in [2.24, 2.45) is 0 Å². The number of benzene rings is 2. The van der Waals surface area contributed by atoms with Crippen molar-refractivity contribution in [2.75, 3.05) is 41.1 Å². The van der Waals surface area contributed by atoms with E-state index in [4.69, 9.17) is 0 Å². The Hall–Kier alpha value is -2.54. The van der Waals surface area contributed by atoms with Crippen LogP contribution < -0.4 is 14.5 Å². The SMILES string of the molecule is O=C(NCCCN1CCCc2ccccc21)c1ccc(N2CCCCS2(=O)=O)cc1. The van der Waals surface area contributed by atoms with E-state index in [0.29, 0.717) is 30.8 Å². The van der Waals surface area contributed by atoms with Crippen LogP contribution >= 0.6 is 0 Å². The normalized spacial score (nSPS) is 18.0. The average molecular weight is 428 g/mol. The van der Waals surface area contributed by atoms with Gasteiger partial charge < -0.3 is 10.2 Å². The molecule has 1 N–H and O–H groups in total. The third-order valence-electron chi connectivity index (χ3n) is 5.86. The number of aryl methyl sites for hydroxylation is 1. The number of anilines is 2. The Morgan fingerprint density at radius 2 is 1.77 bits per heavy atom. The highest BCUT2D eigenvalue weighted by molar-refractivity contribution is 7.92. The van der Waals surface area contributed by atoms with Crippen molar-refractivity contribution >= 4 is 27.3 Å². The number of para-hydroxylation sites is 1. The molecule has 2 aromatic rings. The van der Waals surface area contributed by atoms with Gasteiger partial charge in [-0.3, -0.25) is 9.10 Å². The fourth-order valence-corrected chi connectivity index (χ4v) is 5.92. The molecule has 6 nitrogen and oxygen atoms in total. The lowest BCUT2D eigenvalue weighted by Crippen LogP contribution is -2.37. The summed E-state index contributed by atoms with van der Waals surface area (Å²) >= 11 is 0. The Bertz CT molecular complexity index is 989. The van der Waals surface area contributed by atoms with Crippen molar-refractivity contribution in [3.63, 3.8) is 0 Å². The van der Waals surface area contributed by atoms with Gasteiger partial charge in [0.25, 0.3) is 5.91 Å². The van der Waals surface area contributed by atoms with Gasteiger partial charge in [0, 0.05) is 37.4 Å². The minimum absolute atomic E-state index is 0.123. The number of hydrogen-bond donors (Lipinski definition) is 1. The molecule has 1 fully saturated rings. The van der Waals surface area contributed by atoms with Crippen LogP contribution in [0.3, 0.4) is 0 Å². The Balaban J connectivity index is 1.28. The van der Waals surface area contributed by atoms with Crippen molar-refractivity contribution in [3.05, 3.63) is 59.7 Å². The molecule has 30 heavy (non-hydrogen) atoms. The Morgan fingerprint density at radius 1 is 0.967 bits per heavy atom. The van der Waals surface area contributed by atoms with Crippen molar-refractivity contribution in [1.82, 2.24) is 5.32 Å². The Labute approximate surface area is 178 Å². The molecule has 2 aliphatic rings. The van der Waals surface area contributed by atoms with Crippen LogP contribution in [0.4, 0.5) is 11.4 Å². The molecule has 1 saturated heterocycles. The highest BCUT2D eigenvalue weighted by atomic mass is 32.2. The topological polar surface area (TPSA) is 69.7 Å². The molecule has 7 heteroatoms. The van der Waals surface area contributed by atoms with E-state index in [2.05, 4.69) is 34.5 Å². The molecule has 0 atom stereocenters. The molecule has 2 aromatic carbocycles. The summed E-state index contributed by atoms with van der Waals surface area (Å²) in [6.07, 6.45) is 4.76. The van der Waals surface area contributed by atoms with Gasteiger partial charge in [0.05, 0.1) is 11.4 Å². The molecule has 0 unspecified atom stereocenters. The van der Waals surface area contributed by atoms with Gasteiger partial charge >= 0.3 is 0 Å². The predicted molar refractivity (Wildman–Crippen MR) is 121 cm³/mol.